The number of halogens is 1. The second-order valence-electron chi connectivity index (χ2n) is 4.92. The monoisotopic (exact) mass is 311 g/mol. The van der Waals surface area contributed by atoms with Gasteiger partial charge in [0.05, 0.1) is 6.20 Å². The van der Waals surface area contributed by atoms with Gasteiger partial charge < -0.3 is 15.1 Å². The van der Waals surface area contributed by atoms with E-state index in [1.54, 1.807) is 30.5 Å². The summed E-state index contributed by atoms with van der Waals surface area (Å²) >= 11 is 0. The molecular weight excluding hydrogens is 297 g/mol. The van der Waals surface area contributed by atoms with Crippen LogP contribution in [-0.2, 0) is 4.79 Å². The highest BCUT2D eigenvalue weighted by Crippen LogP contribution is 2.26. The van der Waals surface area contributed by atoms with Gasteiger partial charge in [0.1, 0.15) is 5.82 Å². The molecule has 23 heavy (non-hydrogen) atoms. The van der Waals surface area contributed by atoms with Crippen molar-refractivity contribution in [1.29, 1.82) is 0 Å². The topological polar surface area (TPSA) is 67.2 Å². The van der Waals surface area contributed by atoms with E-state index in [2.05, 4.69) is 15.6 Å². The van der Waals surface area contributed by atoms with Gasteiger partial charge in [-0.25, -0.2) is 9.37 Å². The summed E-state index contributed by atoms with van der Waals surface area (Å²) in [5.41, 5.74) is 2.14. The first kappa shape index (κ1) is 14.8. The molecule has 0 saturated heterocycles. The van der Waals surface area contributed by atoms with Crippen LogP contribution in [0.3, 0.4) is 0 Å². The van der Waals surface area contributed by atoms with Gasteiger partial charge in [0, 0.05) is 23.9 Å². The summed E-state index contributed by atoms with van der Waals surface area (Å²) < 4.78 is 18.5. The molecule has 2 aromatic carbocycles. The molecule has 0 aliphatic rings. The van der Waals surface area contributed by atoms with Crippen molar-refractivity contribution in [3.8, 4) is 11.3 Å². The molecular formula is C17H14FN3O2. The summed E-state index contributed by atoms with van der Waals surface area (Å²) in [6.45, 7) is 1.45. The lowest BCUT2D eigenvalue weighted by Gasteiger charge is -2.04. The SMILES string of the molecule is CC(=O)Nc1cccc(-c2cnc(Nc3ccc(F)cc3)o2)c1. The Hall–Kier alpha value is -3.15. The second-order valence-corrected chi connectivity index (χ2v) is 4.92. The number of oxazole rings is 1. The van der Waals surface area contributed by atoms with E-state index in [1.807, 2.05) is 12.1 Å². The predicted octanol–water partition coefficient (Wildman–Crippen LogP) is 4.18. The van der Waals surface area contributed by atoms with Gasteiger partial charge in [0.25, 0.3) is 6.01 Å². The van der Waals surface area contributed by atoms with Crippen LogP contribution >= 0.6 is 0 Å². The fourth-order valence-corrected chi connectivity index (χ4v) is 2.08. The van der Waals surface area contributed by atoms with E-state index < -0.39 is 0 Å². The number of benzene rings is 2. The Morgan fingerprint density at radius 1 is 1.13 bits per heavy atom. The molecule has 0 aliphatic heterocycles. The van der Waals surface area contributed by atoms with Crippen LogP contribution in [0, 0.1) is 5.82 Å². The molecule has 0 bridgehead atoms. The summed E-state index contributed by atoms with van der Waals surface area (Å²) in [6.07, 6.45) is 1.58. The van der Waals surface area contributed by atoms with Crippen molar-refractivity contribution in [3.63, 3.8) is 0 Å². The number of carbonyl (C=O) groups excluding carboxylic acids is 1. The third kappa shape index (κ3) is 3.74. The van der Waals surface area contributed by atoms with Crippen molar-refractivity contribution < 1.29 is 13.6 Å². The Balaban J connectivity index is 1.78. The van der Waals surface area contributed by atoms with E-state index >= 15 is 0 Å². The second kappa shape index (κ2) is 6.31. The standard InChI is InChI=1S/C17H14FN3O2/c1-11(22)20-15-4-2-3-12(9-15)16-10-19-17(23-16)21-14-7-5-13(18)6-8-14/h2-10H,1H3,(H,19,21)(H,20,22). The van der Waals surface area contributed by atoms with Crippen LogP contribution in [0.1, 0.15) is 6.92 Å². The van der Waals surface area contributed by atoms with Crippen LogP contribution in [0.2, 0.25) is 0 Å². The molecule has 0 saturated carbocycles. The minimum absolute atomic E-state index is 0.140. The molecule has 1 heterocycles. The Morgan fingerprint density at radius 2 is 1.91 bits per heavy atom. The van der Waals surface area contributed by atoms with Gasteiger partial charge in [-0.3, -0.25) is 4.79 Å². The summed E-state index contributed by atoms with van der Waals surface area (Å²) in [6, 6.07) is 13.4. The van der Waals surface area contributed by atoms with E-state index in [1.165, 1.54) is 19.1 Å². The molecule has 0 fully saturated rings. The van der Waals surface area contributed by atoms with Gasteiger partial charge in [-0.2, -0.15) is 0 Å². The highest BCUT2D eigenvalue weighted by molar-refractivity contribution is 5.89. The summed E-state index contributed by atoms with van der Waals surface area (Å²) in [4.78, 5) is 15.3. The zero-order chi connectivity index (χ0) is 16.2. The number of nitrogens with one attached hydrogen (secondary N) is 2. The highest BCUT2D eigenvalue weighted by Gasteiger charge is 2.08. The third-order valence-electron chi connectivity index (χ3n) is 3.07. The molecule has 6 heteroatoms. The first-order chi connectivity index (χ1) is 11.1. The summed E-state index contributed by atoms with van der Waals surface area (Å²) in [7, 11) is 0. The van der Waals surface area contributed by atoms with Crippen molar-refractivity contribution in [2.45, 2.75) is 6.92 Å². The van der Waals surface area contributed by atoms with E-state index in [4.69, 9.17) is 4.42 Å². The molecule has 3 rings (SSSR count). The van der Waals surface area contributed by atoms with Crippen molar-refractivity contribution in [3.05, 3.63) is 60.5 Å². The molecule has 3 aromatic rings. The minimum atomic E-state index is -0.307. The lowest BCUT2D eigenvalue weighted by molar-refractivity contribution is -0.114. The van der Waals surface area contributed by atoms with Crippen LogP contribution in [0.15, 0.2) is 59.1 Å². The molecule has 5 nitrogen and oxygen atoms in total. The van der Waals surface area contributed by atoms with Gasteiger partial charge in [0.2, 0.25) is 5.91 Å². The molecule has 0 spiro atoms. The molecule has 116 valence electrons. The molecule has 0 radical (unpaired) electrons. The average Bonchev–Trinajstić information content (AvgIpc) is 2.98. The van der Waals surface area contributed by atoms with Crippen molar-refractivity contribution >= 4 is 23.3 Å². The fourth-order valence-electron chi connectivity index (χ4n) is 2.08. The van der Waals surface area contributed by atoms with Gasteiger partial charge in [0.15, 0.2) is 5.76 Å². The molecule has 2 N–H and O–H groups in total. The molecule has 0 atom stereocenters. The fraction of sp³-hybridized carbons (Fsp3) is 0.0588. The van der Waals surface area contributed by atoms with Crippen LogP contribution in [-0.4, -0.2) is 10.9 Å². The zero-order valence-corrected chi connectivity index (χ0v) is 12.3. The smallest absolute Gasteiger partial charge is 0.299 e. The number of amides is 1. The molecule has 1 amide bonds. The number of hydrogen-bond donors (Lipinski definition) is 2. The average molecular weight is 311 g/mol. The number of hydrogen-bond acceptors (Lipinski definition) is 4. The lowest BCUT2D eigenvalue weighted by atomic mass is 10.1. The Morgan fingerprint density at radius 3 is 2.65 bits per heavy atom. The maximum Gasteiger partial charge on any atom is 0.299 e. The number of anilines is 3. The number of aromatic nitrogens is 1. The summed E-state index contributed by atoms with van der Waals surface area (Å²) in [5, 5.41) is 5.67. The first-order valence-corrected chi connectivity index (χ1v) is 6.96. The first-order valence-electron chi connectivity index (χ1n) is 6.96. The zero-order valence-electron chi connectivity index (χ0n) is 12.3. The number of carbonyl (C=O) groups is 1. The maximum atomic E-state index is 12.9. The Labute approximate surface area is 132 Å². The number of rotatable bonds is 4. The van der Waals surface area contributed by atoms with Gasteiger partial charge in [-0.05, 0) is 36.4 Å². The van der Waals surface area contributed by atoms with E-state index in [-0.39, 0.29) is 11.7 Å². The van der Waals surface area contributed by atoms with E-state index in [0.29, 0.717) is 23.1 Å². The molecule has 0 aliphatic carbocycles. The van der Waals surface area contributed by atoms with Crippen molar-refractivity contribution in [2.24, 2.45) is 0 Å². The number of nitrogens with zero attached hydrogens (tertiary/aromatic N) is 1. The maximum absolute atomic E-state index is 12.9. The normalized spacial score (nSPS) is 10.3. The largest absolute Gasteiger partial charge is 0.423 e. The predicted molar refractivity (Wildman–Crippen MR) is 85.9 cm³/mol. The van der Waals surface area contributed by atoms with Crippen LogP contribution in [0.25, 0.3) is 11.3 Å². The van der Waals surface area contributed by atoms with Crippen LogP contribution in [0.5, 0.6) is 0 Å². The van der Waals surface area contributed by atoms with Gasteiger partial charge in [-0.1, -0.05) is 12.1 Å². The Bertz CT molecular complexity index is 828. The van der Waals surface area contributed by atoms with Crippen molar-refractivity contribution in [1.82, 2.24) is 4.98 Å². The minimum Gasteiger partial charge on any atom is -0.423 e. The highest BCUT2D eigenvalue weighted by atomic mass is 19.1. The summed E-state index contributed by atoms with van der Waals surface area (Å²) in [5.74, 6) is 0.110. The van der Waals surface area contributed by atoms with E-state index in [0.717, 1.165) is 5.56 Å². The quantitative estimate of drug-likeness (QED) is 0.758. The third-order valence-corrected chi connectivity index (χ3v) is 3.07. The lowest BCUT2D eigenvalue weighted by Crippen LogP contribution is -2.05. The molecule has 1 aromatic heterocycles. The Kier molecular flexibility index (Phi) is 4.05. The van der Waals surface area contributed by atoms with Crippen molar-refractivity contribution in [2.75, 3.05) is 10.6 Å². The van der Waals surface area contributed by atoms with Crippen LogP contribution < -0.4 is 10.6 Å². The van der Waals surface area contributed by atoms with Crippen LogP contribution in [0.4, 0.5) is 21.8 Å². The molecule has 0 unspecified atom stereocenters. The van der Waals surface area contributed by atoms with Gasteiger partial charge in [-0.15, -0.1) is 0 Å². The van der Waals surface area contributed by atoms with Gasteiger partial charge >= 0.3 is 0 Å². The van der Waals surface area contributed by atoms with E-state index in [9.17, 15) is 9.18 Å².